The Labute approximate surface area is 201 Å². The Balaban J connectivity index is 1.23. The second-order valence-corrected chi connectivity index (χ2v) is 10.7. The van der Waals surface area contributed by atoms with Crippen LogP contribution in [0.5, 0.6) is 0 Å². The third-order valence-electron chi connectivity index (χ3n) is 7.88. The van der Waals surface area contributed by atoms with Gasteiger partial charge in [-0.15, -0.1) is 0 Å². The number of carbonyl (C=O) groups excluding carboxylic acids is 2. The lowest BCUT2D eigenvalue weighted by Gasteiger charge is -2.52. The van der Waals surface area contributed by atoms with Crippen LogP contribution >= 0.6 is 11.6 Å². The summed E-state index contributed by atoms with van der Waals surface area (Å²) in [6.45, 7) is 0. The fourth-order valence-electron chi connectivity index (χ4n) is 5.98. The number of carbonyl (C=O) groups is 2. The zero-order valence-corrected chi connectivity index (χ0v) is 19.7. The van der Waals surface area contributed by atoms with Gasteiger partial charge in [0.05, 0.1) is 5.52 Å². The minimum absolute atomic E-state index is 0.00205. The lowest BCUT2D eigenvalue weighted by atomic mass is 9.51. The second-order valence-electron chi connectivity index (χ2n) is 10.3. The minimum Gasteiger partial charge on any atom is -0.371 e. The van der Waals surface area contributed by atoms with E-state index in [1.54, 1.807) is 12.1 Å². The van der Waals surface area contributed by atoms with Crippen molar-refractivity contribution < 1.29 is 22.8 Å². The number of hydrogen-bond donors (Lipinski definition) is 1. The summed E-state index contributed by atoms with van der Waals surface area (Å²) in [4.78, 5) is 29.6. The van der Waals surface area contributed by atoms with E-state index in [4.69, 9.17) is 11.6 Å². The maximum atomic E-state index is 13.5. The molecule has 1 N–H and O–H groups in total. The van der Waals surface area contributed by atoms with Crippen LogP contribution < -0.4 is 10.2 Å². The maximum absolute atomic E-state index is 13.5. The van der Waals surface area contributed by atoms with Crippen molar-refractivity contribution in [2.75, 3.05) is 11.9 Å². The number of aromatic nitrogens is 1. The number of halogens is 4. The number of nitrogens with one attached hydrogen (secondary N) is 1. The zero-order valence-electron chi connectivity index (χ0n) is 18.9. The number of fused-ring (bicyclic) bond motifs is 1. The molecule has 0 radical (unpaired) electrons. The molecule has 3 aliphatic carbocycles. The molecular weight excluding hydrogens is 467 g/mol. The largest absolute Gasteiger partial charge is 0.433 e. The lowest BCUT2D eigenvalue weighted by Crippen LogP contribution is -2.54. The molecule has 0 saturated heterocycles. The summed E-state index contributed by atoms with van der Waals surface area (Å²) in [5, 5.41) is 4.20. The van der Waals surface area contributed by atoms with Crippen LogP contribution in [0, 0.1) is 11.3 Å². The van der Waals surface area contributed by atoms with Crippen molar-refractivity contribution in [1.82, 2.24) is 10.3 Å². The molecule has 0 bridgehead atoms. The summed E-state index contributed by atoms with van der Waals surface area (Å²) in [5.74, 6) is 0.376. The third-order valence-corrected chi connectivity index (χ3v) is 8.12. The summed E-state index contributed by atoms with van der Waals surface area (Å²) in [7, 11) is 1.81. The van der Waals surface area contributed by atoms with Crippen molar-refractivity contribution in [2.45, 2.75) is 69.6 Å². The van der Waals surface area contributed by atoms with Gasteiger partial charge in [-0.25, -0.2) is 4.98 Å². The van der Waals surface area contributed by atoms with Gasteiger partial charge in [-0.05, 0) is 68.2 Å². The van der Waals surface area contributed by atoms with Gasteiger partial charge in [0.15, 0.2) is 0 Å². The average Bonchev–Trinajstić information content (AvgIpc) is 2.73. The Bertz CT molecular complexity index is 1130. The predicted molar refractivity (Wildman–Crippen MR) is 124 cm³/mol. The fraction of sp³-hybridized carbons (Fsp3) is 0.560. The number of pyridine rings is 1. The molecule has 3 fully saturated rings. The first-order valence-corrected chi connectivity index (χ1v) is 12.1. The molecule has 1 heterocycles. The van der Waals surface area contributed by atoms with Crippen molar-refractivity contribution in [3.8, 4) is 0 Å². The number of Topliss-reactive ketones (excluding diaryl/α,β-unsaturated/α-hetero) is 1. The van der Waals surface area contributed by atoms with Gasteiger partial charge in [-0.2, -0.15) is 13.2 Å². The molecular formula is C25H27ClF3N3O2. The molecule has 1 aromatic heterocycles. The van der Waals surface area contributed by atoms with E-state index in [1.807, 2.05) is 11.9 Å². The highest BCUT2D eigenvalue weighted by Gasteiger charge is 2.54. The smallest absolute Gasteiger partial charge is 0.371 e. The number of amides is 1. The van der Waals surface area contributed by atoms with Gasteiger partial charge >= 0.3 is 6.18 Å². The van der Waals surface area contributed by atoms with E-state index in [-0.39, 0.29) is 34.8 Å². The average molecular weight is 494 g/mol. The van der Waals surface area contributed by atoms with E-state index in [1.165, 1.54) is 6.07 Å². The summed E-state index contributed by atoms with van der Waals surface area (Å²) in [6, 6.07) is 5.94. The quantitative estimate of drug-likeness (QED) is 0.608. The van der Waals surface area contributed by atoms with Gasteiger partial charge in [-0.1, -0.05) is 11.6 Å². The zero-order chi connectivity index (χ0) is 24.3. The van der Waals surface area contributed by atoms with Gasteiger partial charge in [0, 0.05) is 54.0 Å². The standard InChI is InChI=1S/C25H27ClF3N3O2/c1-32(21-9-22(25(27,28)29)31-20-7-2-15(26)8-19(20)21)17-5-3-16(4-6-17)30-23(34)14-10-24(11-14)12-18(33)13-24/h2,7-9,14,16-17H,3-6,10-13H2,1H3,(H,30,34)/t16-,17+. The molecule has 2 aromatic rings. The number of hydrogen-bond acceptors (Lipinski definition) is 4. The van der Waals surface area contributed by atoms with Gasteiger partial charge < -0.3 is 10.2 Å². The van der Waals surface area contributed by atoms with Gasteiger partial charge in [0.25, 0.3) is 0 Å². The molecule has 5 rings (SSSR count). The fourth-order valence-corrected chi connectivity index (χ4v) is 6.16. The monoisotopic (exact) mass is 493 g/mol. The van der Waals surface area contributed by atoms with Crippen LogP contribution in [0.15, 0.2) is 24.3 Å². The van der Waals surface area contributed by atoms with Crippen LogP contribution in [0.25, 0.3) is 10.9 Å². The van der Waals surface area contributed by atoms with Crippen LogP contribution in [0.1, 0.15) is 57.1 Å². The topological polar surface area (TPSA) is 62.3 Å². The second kappa shape index (κ2) is 8.40. The maximum Gasteiger partial charge on any atom is 0.433 e. The van der Waals surface area contributed by atoms with E-state index < -0.39 is 11.9 Å². The Morgan fingerprint density at radius 3 is 2.44 bits per heavy atom. The van der Waals surface area contributed by atoms with Crippen LogP contribution in [-0.4, -0.2) is 35.8 Å². The normalized spacial score (nSPS) is 24.6. The summed E-state index contributed by atoms with van der Waals surface area (Å²) < 4.78 is 40.4. The molecule has 3 aliphatic rings. The van der Waals surface area contributed by atoms with Crippen LogP contribution in [0.3, 0.4) is 0 Å². The van der Waals surface area contributed by atoms with E-state index >= 15 is 0 Å². The minimum atomic E-state index is -4.54. The van der Waals surface area contributed by atoms with Gasteiger partial charge in [0.2, 0.25) is 5.91 Å². The summed E-state index contributed by atoms with van der Waals surface area (Å²) >= 11 is 6.13. The molecule has 1 spiro atoms. The number of alkyl halides is 3. The Morgan fingerprint density at radius 1 is 1.15 bits per heavy atom. The van der Waals surface area contributed by atoms with E-state index in [2.05, 4.69) is 10.3 Å². The summed E-state index contributed by atoms with van der Waals surface area (Å²) in [6.07, 6.45) is 1.38. The van der Waals surface area contributed by atoms with Crippen molar-refractivity contribution in [2.24, 2.45) is 11.3 Å². The molecule has 34 heavy (non-hydrogen) atoms. The SMILES string of the molecule is CN(c1cc(C(F)(F)F)nc2ccc(Cl)cc12)[C@H]1CC[C@@H](NC(=O)C2CC3(CC(=O)C3)C2)CC1. The van der Waals surface area contributed by atoms with Crippen molar-refractivity contribution >= 4 is 39.9 Å². The van der Waals surface area contributed by atoms with E-state index in [0.29, 0.717) is 34.7 Å². The number of anilines is 1. The number of rotatable bonds is 4. The molecule has 182 valence electrons. The van der Waals surface area contributed by atoms with Crippen molar-refractivity contribution in [3.63, 3.8) is 0 Å². The number of nitrogens with zero attached hydrogens (tertiary/aromatic N) is 2. The van der Waals surface area contributed by atoms with E-state index in [9.17, 15) is 22.8 Å². The van der Waals surface area contributed by atoms with Crippen LogP contribution in [0.4, 0.5) is 18.9 Å². The Morgan fingerprint density at radius 2 is 1.82 bits per heavy atom. The van der Waals surface area contributed by atoms with Crippen molar-refractivity contribution in [3.05, 3.63) is 35.0 Å². The highest BCUT2D eigenvalue weighted by Crippen LogP contribution is 2.57. The predicted octanol–water partition coefficient (Wildman–Crippen LogP) is 5.53. The molecule has 3 saturated carbocycles. The van der Waals surface area contributed by atoms with Crippen LogP contribution in [-0.2, 0) is 15.8 Å². The van der Waals surface area contributed by atoms with Gasteiger partial charge in [-0.3, -0.25) is 9.59 Å². The first-order chi connectivity index (χ1) is 16.0. The lowest BCUT2D eigenvalue weighted by molar-refractivity contribution is -0.150. The highest BCUT2D eigenvalue weighted by atomic mass is 35.5. The molecule has 0 aliphatic heterocycles. The van der Waals surface area contributed by atoms with E-state index in [0.717, 1.165) is 44.6 Å². The molecule has 0 unspecified atom stereocenters. The molecule has 9 heteroatoms. The first-order valence-electron chi connectivity index (χ1n) is 11.8. The molecule has 5 nitrogen and oxygen atoms in total. The molecule has 0 atom stereocenters. The third kappa shape index (κ3) is 4.37. The first kappa shape index (κ1) is 23.4. The number of ketones is 1. The summed E-state index contributed by atoms with van der Waals surface area (Å²) in [5.41, 5.74) is -0.0996. The van der Waals surface area contributed by atoms with Crippen LogP contribution in [0.2, 0.25) is 5.02 Å². The molecule has 1 aromatic carbocycles. The Kier molecular flexibility index (Phi) is 5.78. The van der Waals surface area contributed by atoms with Crippen molar-refractivity contribution in [1.29, 1.82) is 0 Å². The Hall–Kier alpha value is -2.35. The highest BCUT2D eigenvalue weighted by molar-refractivity contribution is 6.31. The van der Waals surface area contributed by atoms with Gasteiger partial charge in [0.1, 0.15) is 11.5 Å². The number of benzene rings is 1. The molecule has 1 amide bonds.